The summed E-state index contributed by atoms with van der Waals surface area (Å²) in [6.07, 6.45) is 3.85. The van der Waals surface area contributed by atoms with E-state index in [1.54, 1.807) is 0 Å². The summed E-state index contributed by atoms with van der Waals surface area (Å²) in [5, 5.41) is 4.78. The highest BCUT2D eigenvalue weighted by Gasteiger charge is 2.16. The van der Waals surface area contributed by atoms with Gasteiger partial charge in [-0.05, 0) is 32.7 Å². The van der Waals surface area contributed by atoms with Gasteiger partial charge in [0.2, 0.25) is 0 Å². The molecule has 98 valence electrons. The Morgan fingerprint density at radius 3 is 2.41 bits per heavy atom. The van der Waals surface area contributed by atoms with Crippen molar-refractivity contribution in [1.29, 1.82) is 0 Å². The van der Waals surface area contributed by atoms with Gasteiger partial charge in [0.25, 0.3) is 0 Å². The van der Waals surface area contributed by atoms with Crippen LogP contribution in [0.5, 0.6) is 0 Å². The fraction of sp³-hybridized carbons (Fsp3) is 0.786. The van der Waals surface area contributed by atoms with Crippen molar-refractivity contribution in [3.8, 4) is 0 Å². The number of rotatable bonds is 7. The van der Waals surface area contributed by atoms with E-state index in [9.17, 15) is 0 Å². The van der Waals surface area contributed by atoms with Gasteiger partial charge in [0.15, 0.2) is 0 Å². The standard InChI is InChI=1S/C14H26N2S/c1-6-15-13(9-7-8-10(2)3)14-11(4)16-12(5)17-14/h10,13,15H,6-9H2,1-5H3. The molecule has 0 radical (unpaired) electrons. The molecule has 0 spiro atoms. The van der Waals surface area contributed by atoms with Crippen molar-refractivity contribution in [2.24, 2.45) is 5.92 Å². The van der Waals surface area contributed by atoms with E-state index in [1.165, 1.54) is 34.8 Å². The second-order valence-corrected chi connectivity index (χ2v) is 6.35. The molecule has 0 aromatic carbocycles. The van der Waals surface area contributed by atoms with Crippen molar-refractivity contribution in [1.82, 2.24) is 10.3 Å². The molecule has 1 aromatic heterocycles. The smallest absolute Gasteiger partial charge is 0.0900 e. The van der Waals surface area contributed by atoms with Crippen molar-refractivity contribution >= 4 is 11.3 Å². The van der Waals surface area contributed by atoms with E-state index >= 15 is 0 Å². The van der Waals surface area contributed by atoms with Crippen LogP contribution in [-0.2, 0) is 0 Å². The zero-order valence-corrected chi connectivity index (χ0v) is 12.7. The van der Waals surface area contributed by atoms with Gasteiger partial charge >= 0.3 is 0 Å². The number of hydrogen-bond donors (Lipinski definition) is 1. The van der Waals surface area contributed by atoms with Crippen molar-refractivity contribution < 1.29 is 0 Å². The van der Waals surface area contributed by atoms with Crippen LogP contribution in [0.3, 0.4) is 0 Å². The third kappa shape index (κ3) is 4.76. The quantitative estimate of drug-likeness (QED) is 0.787. The Bertz CT molecular complexity index is 331. The molecule has 0 fully saturated rings. The molecule has 0 aliphatic rings. The first-order valence-electron chi connectivity index (χ1n) is 6.71. The summed E-state index contributed by atoms with van der Waals surface area (Å²) in [5.41, 5.74) is 1.21. The van der Waals surface area contributed by atoms with Gasteiger partial charge < -0.3 is 5.32 Å². The maximum absolute atomic E-state index is 4.54. The maximum Gasteiger partial charge on any atom is 0.0900 e. The minimum Gasteiger partial charge on any atom is -0.309 e. The molecule has 2 nitrogen and oxygen atoms in total. The minimum absolute atomic E-state index is 0.505. The first kappa shape index (κ1) is 14.7. The average Bonchev–Trinajstić information content (AvgIpc) is 2.56. The molecule has 0 amide bonds. The molecule has 1 N–H and O–H groups in total. The van der Waals surface area contributed by atoms with Crippen LogP contribution in [0.25, 0.3) is 0 Å². The SMILES string of the molecule is CCNC(CCCC(C)C)c1sc(C)nc1C. The molecule has 3 heteroatoms. The fourth-order valence-electron chi connectivity index (χ4n) is 2.17. The lowest BCUT2D eigenvalue weighted by Crippen LogP contribution is -2.20. The lowest BCUT2D eigenvalue weighted by molar-refractivity contribution is 0.458. The van der Waals surface area contributed by atoms with E-state index < -0.39 is 0 Å². The third-order valence-corrected chi connectivity index (χ3v) is 4.17. The number of hydrogen-bond acceptors (Lipinski definition) is 3. The molecular formula is C14H26N2S. The van der Waals surface area contributed by atoms with E-state index in [2.05, 4.69) is 44.9 Å². The van der Waals surface area contributed by atoms with Gasteiger partial charge in [0, 0.05) is 10.9 Å². The topological polar surface area (TPSA) is 24.9 Å². The number of aromatic nitrogens is 1. The Kier molecular flexibility index (Phi) is 6.14. The summed E-state index contributed by atoms with van der Waals surface area (Å²) in [7, 11) is 0. The molecule has 1 atom stereocenters. The second-order valence-electron chi connectivity index (χ2n) is 5.12. The molecule has 0 saturated carbocycles. The first-order valence-corrected chi connectivity index (χ1v) is 7.53. The van der Waals surface area contributed by atoms with Gasteiger partial charge in [-0.2, -0.15) is 0 Å². The molecule has 0 bridgehead atoms. The molecular weight excluding hydrogens is 228 g/mol. The molecule has 1 heterocycles. The Morgan fingerprint density at radius 2 is 1.94 bits per heavy atom. The normalized spacial score (nSPS) is 13.3. The van der Waals surface area contributed by atoms with Gasteiger partial charge in [0.1, 0.15) is 0 Å². The van der Waals surface area contributed by atoms with Crippen LogP contribution in [0.4, 0.5) is 0 Å². The van der Waals surface area contributed by atoms with E-state index in [4.69, 9.17) is 0 Å². The molecule has 0 aliphatic heterocycles. The Labute approximate surface area is 110 Å². The third-order valence-electron chi connectivity index (χ3n) is 2.98. The van der Waals surface area contributed by atoms with Gasteiger partial charge in [-0.1, -0.05) is 33.6 Å². The highest BCUT2D eigenvalue weighted by molar-refractivity contribution is 7.11. The molecule has 1 rings (SSSR count). The predicted octanol–water partition coefficient (Wildman–Crippen LogP) is 4.24. The molecule has 1 aromatic rings. The van der Waals surface area contributed by atoms with E-state index in [0.29, 0.717) is 6.04 Å². The van der Waals surface area contributed by atoms with Crippen LogP contribution in [0, 0.1) is 19.8 Å². The summed E-state index contributed by atoms with van der Waals surface area (Å²) in [4.78, 5) is 5.97. The Hall–Kier alpha value is -0.410. The Morgan fingerprint density at radius 1 is 1.24 bits per heavy atom. The van der Waals surface area contributed by atoms with Gasteiger partial charge in [0.05, 0.1) is 10.7 Å². The molecule has 0 saturated heterocycles. The lowest BCUT2D eigenvalue weighted by Gasteiger charge is -2.17. The zero-order valence-electron chi connectivity index (χ0n) is 11.8. The van der Waals surface area contributed by atoms with Crippen LogP contribution >= 0.6 is 11.3 Å². The summed E-state index contributed by atoms with van der Waals surface area (Å²) in [5.74, 6) is 0.807. The fourth-order valence-corrected chi connectivity index (χ4v) is 3.21. The lowest BCUT2D eigenvalue weighted by atomic mass is 10.0. The van der Waals surface area contributed by atoms with Crippen LogP contribution in [0.15, 0.2) is 0 Å². The summed E-state index contributed by atoms with van der Waals surface area (Å²) in [6, 6.07) is 0.505. The van der Waals surface area contributed by atoms with Crippen LogP contribution in [-0.4, -0.2) is 11.5 Å². The summed E-state index contributed by atoms with van der Waals surface area (Å²) < 4.78 is 0. The summed E-state index contributed by atoms with van der Waals surface area (Å²) >= 11 is 1.85. The van der Waals surface area contributed by atoms with Crippen molar-refractivity contribution in [2.75, 3.05) is 6.54 Å². The van der Waals surface area contributed by atoms with Gasteiger partial charge in [-0.25, -0.2) is 4.98 Å². The maximum atomic E-state index is 4.54. The zero-order chi connectivity index (χ0) is 12.8. The van der Waals surface area contributed by atoms with Crippen LogP contribution in [0.2, 0.25) is 0 Å². The van der Waals surface area contributed by atoms with Gasteiger partial charge in [-0.15, -0.1) is 11.3 Å². The van der Waals surface area contributed by atoms with Crippen LogP contribution < -0.4 is 5.32 Å². The largest absolute Gasteiger partial charge is 0.309 e. The molecule has 17 heavy (non-hydrogen) atoms. The van der Waals surface area contributed by atoms with E-state index in [-0.39, 0.29) is 0 Å². The number of thiazole rings is 1. The Balaban J connectivity index is 2.61. The average molecular weight is 254 g/mol. The van der Waals surface area contributed by atoms with Crippen molar-refractivity contribution in [3.63, 3.8) is 0 Å². The minimum atomic E-state index is 0.505. The molecule has 0 aliphatic carbocycles. The van der Waals surface area contributed by atoms with Crippen molar-refractivity contribution in [3.05, 3.63) is 15.6 Å². The predicted molar refractivity (Wildman–Crippen MR) is 76.7 cm³/mol. The first-order chi connectivity index (χ1) is 8.04. The highest BCUT2D eigenvalue weighted by Crippen LogP contribution is 2.28. The van der Waals surface area contributed by atoms with E-state index in [1.807, 2.05) is 11.3 Å². The molecule has 1 unspecified atom stereocenters. The van der Waals surface area contributed by atoms with Gasteiger partial charge in [-0.3, -0.25) is 0 Å². The van der Waals surface area contributed by atoms with E-state index in [0.717, 1.165) is 12.5 Å². The van der Waals surface area contributed by atoms with Crippen molar-refractivity contribution in [2.45, 2.75) is 59.9 Å². The number of nitrogens with zero attached hydrogens (tertiary/aromatic N) is 1. The second kappa shape index (κ2) is 7.12. The monoisotopic (exact) mass is 254 g/mol. The number of nitrogens with one attached hydrogen (secondary N) is 1. The highest BCUT2D eigenvalue weighted by atomic mass is 32.1. The summed E-state index contributed by atoms with van der Waals surface area (Å²) in [6.45, 7) is 12.0. The van der Waals surface area contributed by atoms with Crippen LogP contribution in [0.1, 0.15) is 61.7 Å². The number of aryl methyl sites for hydroxylation is 2.